The predicted octanol–water partition coefficient (Wildman–Crippen LogP) is 3.33. The Bertz CT molecular complexity index is 659. The average Bonchev–Trinajstić information content (AvgIpc) is 2.46. The van der Waals surface area contributed by atoms with Gasteiger partial charge in [-0.25, -0.2) is 4.39 Å². The van der Waals surface area contributed by atoms with Crippen LogP contribution in [0.1, 0.15) is 24.1 Å². The predicted molar refractivity (Wildman–Crippen MR) is 76.4 cm³/mol. The number of ether oxygens (including phenoxy) is 1. The Balaban J connectivity index is 2.23. The third-order valence-electron chi connectivity index (χ3n) is 3.03. The van der Waals surface area contributed by atoms with Crippen LogP contribution in [0, 0.1) is 15.9 Å². The van der Waals surface area contributed by atoms with Crippen molar-refractivity contribution in [1.29, 1.82) is 0 Å². The Kier molecular flexibility index (Phi) is 4.49. The van der Waals surface area contributed by atoms with Gasteiger partial charge in [0.15, 0.2) is 0 Å². The van der Waals surface area contributed by atoms with E-state index in [0.717, 1.165) is 0 Å². The minimum Gasteiger partial charge on any atom is -0.488 e. The van der Waals surface area contributed by atoms with Crippen LogP contribution in [0.15, 0.2) is 42.5 Å². The van der Waals surface area contributed by atoms with Crippen LogP contribution in [0.3, 0.4) is 0 Å². The lowest BCUT2D eigenvalue weighted by atomic mass is 10.1. The van der Waals surface area contributed by atoms with Crippen molar-refractivity contribution in [3.8, 4) is 5.75 Å². The van der Waals surface area contributed by atoms with E-state index in [1.54, 1.807) is 25.1 Å². The van der Waals surface area contributed by atoms with Crippen LogP contribution in [0.25, 0.3) is 0 Å². The fourth-order valence-corrected chi connectivity index (χ4v) is 1.97. The molecule has 5 nitrogen and oxygen atoms in total. The monoisotopic (exact) mass is 290 g/mol. The van der Waals surface area contributed by atoms with Crippen molar-refractivity contribution in [3.05, 3.63) is 69.5 Å². The van der Waals surface area contributed by atoms with E-state index in [4.69, 9.17) is 10.5 Å². The van der Waals surface area contributed by atoms with Crippen molar-refractivity contribution >= 4 is 5.69 Å². The van der Waals surface area contributed by atoms with Gasteiger partial charge in [0, 0.05) is 17.7 Å². The summed E-state index contributed by atoms with van der Waals surface area (Å²) in [4.78, 5) is 10.5. The smallest absolute Gasteiger partial charge is 0.276 e. The van der Waals surface area contributed by atoms with E-state index in [1.165, 1.54) is 24.3 Å². The highest BCUT2D eigenvalue weighted by molar-refractivity contribution is 5.41. The highest BCUT2D eigenvalue weighted by Crippen LogP contribution is 2.27. The van der Waals surface area contributed by atoms with Crippen LogP contribution in [0.4, 0.5) is 10.1 Å². The maximum absolute atomic E-state index is 13.2. The van der Waals surface area contributed by atoms with Gasteiger partial charge in [0.25, 0.3) is 5.69 Å². The summed E-state index contributed by atoms with van der Waals surface area (Å²) in [5, 5.41) is 10.9. The third-order valence-corrected chi connectivity index (χ3v) is 3.03. The summed E-state index contributed by atoms with van der Waals surface area (Å²) in [7, 11) is 0. The Morgan fingerprint density at radius 1 is 1.33 bits per heavy atom. The summed E-state index contributed by atoms with van der Waals surface area (Å²) in [6, 6.07) is 9.96. The Morgan fingerprint density at radius 3 is 2.71 bits per heavy atom. The normalized spacial score (nSPS) is 12.0. The molecule has 110 valence electrons. The molecule has 0 aromatic heterocycles. The van der Waals surface area contributed by atoms with Crippen molar-refractivity contribution in [2.24, 2.45) is 5.73 Å². The summed E-state index contributed by atoms with van der Waals surface area (Å²) < 4.78 is 18.8. The Labute approximate surface area is 121 Å². The third kappa shape index (κ3) is 3.55. The molecule has 21 heavy (non-hydrogen) atoms. The highest BCUT2D eigenvalue weighted by Gasteiger charge is 2.14. The van der Waals surface area contributed by atoms with Crippen LogP contribution in [-0.4, -0.2) is 4.92 Å². The number of hydrogen-bond acceptors (Lipinski definition) is 4. The quantitative estimate of drug-likeness (QED) is 0.676. The molecular weight excluding hydrogens is 275 g/mol. The number of benzene rings is 2. The lowest BCUT2D eigenvalue weighted by Gasteiger charge is -2.14. The molecular formula is C15H15FN2O3. The second-order valence-corrected chi connectivity index (χ2v) is 4.65. The second kappa shape index (κ2) is 6.32. The van der Waals surface area contributed by atoms with Gasteiger partial charge in [-0.1, -0.05) is 12.1 Å². The van der Waals surface area contributed by atoms with Gasteiger partial charge in [-0.2, -0.15) is 0 Å². The molecule has 6 heteroatoms. The van der Waals surface area contributed by atoms with Crippen molar-refractivity contribution in [2.75, 3.05) is 0 Å². The first-order valence-corrected chi connectivity index (χ1v) is 6.39. The number of nitrogens with zero attached hydrogens (tertiary/aromatic N) is 1. The van der Waals surface area contributed by atoms with Gasteiger partial charge in [0.1, 0.15) is 18.2 Å². The van der Waals surface area contributed by atoms with E-state index in [-0.39, 0.29) is 12.3 Å². The molecule has 0 bridgehead atoms. The summed E-state index contributed by atoms with van der Waals surface area (Å²) in [5.74, 6) is 0.0184. The van der Waals surface area contributed by atoms with Gasteiger partial charge in [-0.15, -0.1) is 0 Å². The van der Waals surface area contributed by atoms with Gasteiger partial charge < -0.3 is 10.5 Å². The number of rotatable bonds is 5. The number of nitro groups is 1. The van der Waals surface area contributed by atoms with E-state index >= 15 is 0 Å². The molecule has 2 N–H and O–H groups in total. The van der Waals surface area contributed by atoms with Crippen LogP contribution < -0.4 is 10.5 Å². The van der Waals surface area contributed by atoms with E-state index in [1.807, 2.05) is 0 Å². The summed E-state index contributed by atoms with van der Waals surface area (Å²) in [5.41, 5.74) is 6.73. The molecule has 0 radical (unpaired) electrons. The van der Waals surface area contributed by atoms with Gasteiger partial charge >= 0.3 is 0 Å². The van der Waals surface area contributed by atoms with E-state index < -0.39 is 16.8 Å². The zero-order valence-corrected chi connectivity index (χ0v) is 11.5. The largest absolute Gasteiger partial charge is 0.488 e. The highest BCUT2D eigenvalue weighted by atomic mass is 19.1. The lowest BCUT2D eigenvalue weighted by molar-refractivity contribution is -0.385. The minimum atomic E-state index is -0.462. The van der Waals surface area contributed by atoms with Gasteiger partial charge in [-0.3, -0.25) is 10.1 Å². The van der Waals surface area contributed by atoms with Crippen molar-refractivity contribution in [1.82, 2.24) is 0 Å². The zero-order valence-electron chi connectivity index (χ0n) is 11.5. The summed E-state index contributed by atoms with van der Waals surface area (Å²) in [6.07, 6.45) is 0. The molecule has 0 saturated heterocycles. The van der Waals surface area contributed by atoms with Crippen molar-refractivity contribution in [3.63, 3.8) is 0 Å². The van der Waals surface area contributed by atoms with Crippen LogP contribution in [-0.2, 0) is 6.61 Å². The SMILES string of the molecule is CC(N)c1cc(F)ccc1OCc1ccccc1[N+](=O)[O-]. The second-order valence-electron chi connectivity index (χ2n) is 4.65. The minimum absolute atomic E-state index is 0.0121. The maximum Gasteiger partial charge on any atom is 0.276 e. The van der Waals surface area contributed by atoms with Crippen LogP contribution in [0.2, 0.25) is 0 Å². The standard InChI is InChI=1S/C15H15FN2O3/c1-10(17)13-8-12(16)6-7-15(13)21-9-11-4-2-3-5-14(11)18(19)20/h2-8,10H,9,17H2,1H3. The summed E-state index contributed by atoms with van der Waals surface area (Å²) in [6.45, 7) is 1.73. The number of halogens is 1. The van der Waals surface area contributed by atoms with E-state index in [0.29, 0.717) is 16.9 Å². The van der Waals surface area contributed by atoms with E-state index in [2.05, 4.69) is 0 Å². The number of hydrogen-bond donors (Lipinski definition) is 1. The average molecular weight is 290 g/mol. The maximum atomic E-state index is 13.2. The molecule has 1 atom stereocenters. The molecule has 0 aliphatic rings. The fraction of sp³-hybridized carbons (Fsp3) is 0.200. The first-order chi connectivity index (χ1) is 9.99. The van der Waals surface area contributed by atoms with Crippen molar-refractivity contribution in [2.45, 2.75) is 19.6 Å². The number of para-hydroxylation sites is 1. The first-order valence-electron chi connectivity index (χ1n) is 6.39. The first kappa shape index (κ1) is 14.9. The van der Waals surface area contributed by atoms with Gasteiger partial charge in [0.05, 0.1) is 10.5 Å². The molecule has 2 rings (SSSR count). The molecule has 1 unspecified atom stereocenters. The molecule has 0 fully saturated rings. The van der Waals surface area contributed by atoms with Crippen LogP contribution >= 0.6 is 0 Å². The van der Waals surface area contributed by atoms with Crippen LogP contribution in [0.5, 0.6) is 5.75 Å². The molecule has 0 amide bonds. The Morgan fingerprint density at radius 2 is 2.05 bits per heavy atom. The number of nitrogens with two attached hydrogens (primary N) is 1. The molecule has 2 aromatic carbocycles. The molecule has 0 aliphatic carbocycles. The number of nitro benzene ring substituents is 1. The van der Waals surface area contributed by atoms with Gasteiger partial charge in [0.2, 0.25) is 0 Å². The zero-order chi connectivity index (χ0) is 15.4. The molecule has 0 aliphatic heterocycles. The molecule has 2 aromatic rings. The molecule has 0 saturated carbocycles. The Hall–Kier alpha value is -2.47. The molecule has 0 spiro atoms. The fourth-order valence-electron chi connectivity index (χ4n) is 1.97. The van der Waals surface area contributed by atoms with Crippen molar-refractivity contribution < 1.29 is 14.1 Å². The molecule has 0 heterocycles. The summed E-state index contributed by atoms with van der Waals surface area (Å²) >= 11 is 0. The lowest BCUT2D eigenvalue weighted by Crippen LogP contribution is -2.09. The van der Waals surface area contributed by atoms with E-state index in [9.17, 15) is 14.5 Å². The van der Waals surface area contributed by atoms with Gasteiger partial charge in [-0.05, 0) is 31.2 Å². The topological polar surface area (TPSA) is 78.4 Å².